The minimum atomic E-state index is -2.99. The van der Waals surface area contributed by atoms with E-state index in [1.807, 2.05) is 0 Å². The van der Waals surface area contributed by atoms with E-state index in [2.05, 4.69) is 5.32 Å². The molecule has 1 atom stereocenters. The summed E-state index contributed by atoms with van der Waals surface area (Å²) in [5.41, 5.74) is 0.338. The maximum absolute atomic E-state index is 14.0. The van der Waals surface area contributed by atoms with Crippen LogP contribution >= 0.6 is 0 Å². The molecular weight excluding hydrogens is 263 g/mol. The highest BCUT2D eigenvalue weighted by Crippen LogP contribution is 2.28. The maximum Gasteiger partial charge on any atom is 0.285 e. The van der Waals surface area contributed by atoms with Gasteiger partial charge in [-0.25, -0.2) is 4.39 Å². The van der Waals surface area contributed by atoms with E-state index in [0.717, 1.165) is 0 Å². The van der Waals surface area contributed by atoms with Crippen molar-refractivity contribution >= 4 is 0 Å². The fourth-order valence-corrected chi connectivity index (χ4v) is 2.00. The van der Waals surface area contributed by atoms with Gasteiger partial charge in [-0.15, -0.1) is 0 Å². The molecule has 0 aliphatic carbocycles. The molecule has 1 N–H and O–H groups in total. The minimum absolute atomic E-state index is 0.0479. The van der Waals surface area contributed by atoms with Crippen molar-refractivity contribution in [3.05, 3.63) is 71.5 Å². The van der Waals surface area contributed by atoms with Crippen LogP contribution in [0.2, 0.25) is 0 Å². The van der Waals surface area contributed by atoms with Gasteiger partial charge in [-0.2, -0.15) is 8.78 Å². The number of hydrogen-bond acceptors (Lipinski definition) is 1. The van der Waals surface area contributed by atoms with Gasteiger partial charge < -0.3 is 5.32 Å². The molecule has 20 heavy (non-hydrogen) atoms. The molecule has 2 rings (SSSR count). The first kappa shape index (κ1) is 14.6. The molecule has 1 unspecified atom stereocenters. The molecule has 0 spiro atoms. The largest absolute Gasteiger partial charge is 0.304 e. The van der Waals surface area contributed by atoms with E-state index in [4.69, 9.17) is 0 Å². The van der Waals surface area contributed by atoms with Crippen LogP contribution in [0.1, 0.15) is 24.1 Å². The summed E-state index contributed by atoms with van der Waals surface area (Å²) in [5, 5.41) is 2.69. The first-order chi connectivity index (χ1) is 9.50. The number of alkyl halides is 2. The summed E-state index contributed by atoms with van der Waals surface area (Å²) in [6.45, 7) is 1.13. The van der Waals surface area contributed by atoms with E-state index in [-0.39, 0.29) is 5.56 Å². The summed E-state index contributed by atoms with van der Waals surface area (Å²) in [6.07, 6.45) is 0. The Labute approximate surface area is 116 Å². The summed E-state index contributed by atoms with van der Waals surface area (Å²) in [7, 11) is 0. The zero-order valence-electron chi connectivity index (χ0n) is 11.1. The Morgan fingerprint density at radius 2 is 1.60 bits per heavy atom. The minimum Gasteiger partial charge on any atom is -0.304 e. The Kier molecular flexibility index (Phi) is 4.45. The Morgan fingerprint density at radius 1 is 1.00 bits per heavy atom. The molecule has 0 bridgehead atoms. The Balaban J connectivity index is 2.03. The third kappa shape index (κ3) is 3.39. The average Bonchev–Trinajstić information content (AvgIpc) is 2.46. The lowest BCUT2D eigenvalue weighted by Crippen LogP contribution is -2.32. The molecule has 0 saturated heterocycles. The molecule has 0 heterocycles. The first-order valence-electron chi connectivity index (χ1n) is 6.42. The van der Waals surface area contributed by atoms with Gasteiger partial charge in [-0.3, -0.25) is 0 Å². The smallest absolute Gasteiger partial charge is 0.285 e. The van der Waals surface area contributed by atoms with Crippen molar-refractivity contribution in [2.24, 2.45) is 0 Å². The van der Waals surface area contributed by atoms with Gasteiger partial charge in [0.1, 0.15) is 5.82 Å². The highest BCUT2D eigenvalue weighted by molar-refractivity contribution is 5.22. The lowest BCUT2D eigenvalue weighted by molar-refractivity contribution is -0.00543. The number of rotatable bonds is 5. The highest BCUT2D eigenvalue weighted by atomic mass is 19.3. The van der Waals surface area contributed by atoms with Crippen molar-refractivity contribution in [2.45, 2.75) is 18.9 Å². The molecule has 1 nitrogen and oxygen atoms in total. The van der Waals surface area contributed by atoms with Gasteiger partial charge in [0.2, 0.25) is 0 Å². The van der Waals surface area contributed by atoms with E-state index in [9.17, 15) is 13.2 Å². The molecule has 2 aromatic rings. The zero-order valence-corrected chi connectivity index (χ0v) is 11.1. The number of halogens is 3. The van der Waals surface area contributed by atoms with Crippen LogP contribution in [0.5, 0.6) is 0 Å². The molecule has 0 saturated carbocycles. The first-order valence-corrected chi connectivity index (χ1v) is 6.42. The third-order valence-electron chi connectivity index (χ3n) is 3.20. The standard InChI is InChI=1S/C16H16F3N/c1-12(14-9-5-6-10-15(14)17)20-11-16(18,19)13-7-3-2-4-8-13/h2-10,12,20H,11H2,1H3. The average molecular weight is 279 g/mol. The van der Waals surface area contributed by atoms with Crippen molar-refractivity contribution in [3.63, 3.8) is 0 Å². The van der Waals surface area contributed by atoms with E-state index in [1.54, 1.807) is 43.3 Å². The number of benzene rings is 2. The van der Waals surface area contributed by atoms with Crippen molar-refractivity contribution in [1.82, 2.24) is 5.32 Å². The third-order valence-corrected chi connectivity index (χ3v) is 3.20. The summed E-state index contributed by atoms with van der Waals surface area (Å²) in [4.78, 5) is 0. The van der Waals surface area contributed by atoms with Gasteiger partial charge in [0.05, 0.1) is 6.54 Å². The molecule has 0 fully saturated rings. The molecule has 106 valence electrons. The maximum atomic E-state index is 14.0. The van der Waals surface area contributed by atoms with E-state index in [1.165, 1.54) is 18.2 Å². The molecule has 0 radical (unpaired) electrons. The molecule has 0 aliphatic rings. The van der Waals surface area contributed by atoms with Crippen LogP contribution < -0.4 is 5.32 Å². The van der Waals surface area contributed by atoms with Gasteiger partial charge in [-0.1, -0.05) is 48.5 Å². The molecule has 0 aliphatic heterocycles. The number of hydrogen-bond donors (Lipinski definition) is 1. The van der Waals surface area contributed by atoms with Gasteiger partial charge in [0.25, 0.3) is 5.92 Å². The van der Waals surface area contributed by atoms with Crippen molar-refractivity contribution in [1.29, 1.82) is 0 Å². The van der Waals surface area contributed by atoms with E-state index >= 15 is 0 Å². The summed E-state index contributed by atoms with van der Waals surface area (Å²) in [5.74, 6) is -3.38. The van der Waals surface area contributed by atoms with Crippen molar-refractivity contribution in [3.8, 4) is 0 Å². The second-order valence-corrected chi connectivity index (χ2v) is 4.69. The van der Waals surface area contributed by atoms with Crippen LogP contribution in [0.4, 0.5) is 13.2 Å². The normalized spacial score (nSPS) is 13.2. The van der Waals surface area contributed by atoms with E-state index < -0.39 is 24.3 Å². The van der Waals surface area contributed by atoms with Crippen LogP contribution in [-0.2, 0) is 5.92 Å². The molecule has 2 aromatic carbocycles. The second kappa shape index (κ2) is 6.09. The monoisotopic (exact) mass is 279 g/mol. The highest BCUT2D eigenvalue weighted by Gasteiger charge is 2.31. The lowest BCUT2D eigenvalue weighted by Gasteiger charge is -2.21. The van der Waals surface area contributed by atoms with Crippen LogP contribution in [0.15, 0.2) is 54.6 Å². The fourth-order valence-electron chi connectivity index (χ4n) is 2.00. The number of nitrogens with one attached hydrogen (secondary N) is 1. The topological polar surface area (TPSA) is 12.0 Å². The quantitative estimate of drug-likeness (QED) is 0.862. The van der Waals surface area contributed by atoms with Crippen LogP contribution in [0.25, 0.3) is 0 Å². The van der Waals surface area contributed by atoms with Gasteiger partial charge >= 0.3 is 0 Å². The van der Waals surface area contributed by atoms with Crippen LogP contribution in [0, 0.1) is 5.82 Å². The summed E-state index contributed by atoms with van der Waals surface area (Å²) in [6, 6.07) is 13.3. The SMILES string of the molecule is CC(NCC(F)(F)c1ccccc1)c1ccccc1F. The fraction of sp³-hybridized carbons (Fsp3) is 0.250. The van der Waals surface area contributed by atoms with Crippen molar-refractivity contribution in [2.75, 3.05) is 6.54 Å². The van der Waals surface area contributed by atoms with Crippen LogP contribution in [-0.4, -0.2) is 6.54 Å². The molecule has 0 amide bonds. The summed E-state index contributed by atoms with van der Waals surface area (Å²) < 4.78 is 41.5. The Hall–Kier alpha value is -1.81. The molecule has 4 heteroatoms. The molecular formula is C16H16F3N. The van der Waals surface area contributed by atoms with Crippen LogP contribution in [0.3, 0.4) is 0 Å². The van der Waals surface area contributed by atoms with E-state index in [0.29, 0.717) is 5.56 Å². The van der Waals surface area contributed by atoms with Gasteiger partial charge in [-0.05, 0) is 13.0 Å². The van der Waals surface area contributed by atoms with Crippen molar-refractivity contribution < 1.29 is 13.2 Å². The molecule has 0 aromatic heterocycles. The lowest BCUT2D eigenvalue weighted by atomic mass is 10.1. The zero-order chi connectivity index (χ0) is 14.6. The predicted octanol–water partition coefficient (Wildman–Crippen LogP) is 4.27. The van der Waals surface area contributed by atoms with Gasteiger partial charge in [0, 0.05) is 17.2 Å². The Bertz CT molecular complexity index is 555. The summed E-state index contributed by atoms with van der Waals surface area (Å²) >= 11 is 0. The predicted molar refractivity (Wildman–Crippen MR) is 73.2 cm³/mol. The van der Waals surface area contributed by atoms with Gasteiger partial charge in [0.15, 0.2) is 0 Å². The second-order valence-electron chi connectivity index (χ2n) is 4.69. The Morgan fingerprint density at radius 3 is 2.25 bits per heavy atom.